The van der Waals surface area contributed by atoms with E-state index in [0.29, 0.717) is 6.54 Å². The first kappa shape index (κ1) is 11.4. The van der Waals surface area contributed by atoms with Crippen molar-refractivity contribution in [1.82, 2.24) is 0 Å². The number of rotatable bonds is 6. The van der Waals surface area contributed by atoms with E-state index >= 15 is 0 Å². The summed E-state index contributed by atoms with van der Waals surface area (Å²) in [6.07, 6.45) is 3.54. The highest BCUT2D eigenvalue weighted by Crippen LogP contribution is 2.27. The molecule has 4 N–H and O–H groups in total. The zero-order valence-electron chi connectivity index (χ0n) is 8.10. The molecule has 0 aromatic rings. The van der Waals surface area contributed by atoms with E-state index in [-0.39, 0.29) is 5.91 Å². The molecule has 3 heteroatoms. The molecule has 0 fully saturated rings. The maximum atomic E-state index is 11.2. The Bertz CT molecular complexity index is 139. The van der Waals surface area contributed by atoms with Gasteiger partial charge in [-0.3, -0.25) is 4.79 Å². The van der Waals surface area contributed by atoms with Crippen molar-refractivity contribution in [3.8, 4) is 0 Å². The predicted molar refractivity (Wildman–Crippen MR) is 50.5 cm³/mol. The van der Waals surface area contributed by atoms with Crippen LogP contribution in [0.5, 0.6) is 0 Å². The molecule has 3 nitrogen and oxygen atoms in total. The van der Waals surface area contributed by atoms with Gasteiger partial charge in [-0.1, -0.05) is 26.7 Å². The first-order chi connectivity index (χ1) is 5.63. The van der Waals surface area contributed by atoms with Crippen LogP contribution in [-0.4, -0.2) is 12.5 Å². The highest BCUT2D eigenvalue weighted by molar-refractivity contribution is 5.81. The van der Waals surface area contributed by atoms with Gasteiger partial charge in [-0.25, -0.2) is 0 Å². The molecular weight excluding hydrogens is 152 g/mol. The minimum atomic E-state index is -0.441. The molecule has 0 saturated heterocycles. The summed E-state index contributed by atoms with van der Waals surface area (Å²) >= 11 is 0. The van der Waals surface area contributed by atoms with E-state index in [1.54, 1.807) is 0 Å². The summed E-state index contributed by atoms with van der Waals surface area (Å²) in [4.78, 5) is 11.2. The zero-order chi connectivity index (χ0) is 9.61. The van der Waals surface area contributed by atoms with Crippen LogP contribution in [0.15, 0.2) is 0 Å². The van der Waals surface area contributed by atoms with Gasteiger partial charge in [-0.15, -0.1) is 0 Å². The van der Waals surface area contributed by atoms with Gasteiger partial charge in [0.15, 0.2) is 0 Å². The van der Waals surface area contributed by atoms with Crippen molar-refractivity contribution in [2.24, 2.45) is 16.9 Å². The summed E-state index contributed by atoms with van der Waals surface area (Å²) in [5.41, 5.74) is 10.5. The van der Waals surface area contributed by atoms with Crippen molar-refractivity contribution >= 4 is 5.91 Å². The lowest BCUT2D eigenvalue weighted by molar-refractivity contribution is -0.128. The maximum absolute atomic E-state index is 11.2. The van der Waals surface area contributed by atoms with E-state index in [4.69, 9.17) is 11.5 Å². The fourth-order valence-corrected chi connectivity index (χ4v) is 1.63. The van der Waals surface area contributed by atoms with Crippen LogP contribution in [0.4, 0.5) is 0 Å². The Morgan fingerprint density at radius 3 is 1.83 bits per heavy atom. The average Bonchev–Trinajstić information content (AvgIpc) is 2.03. The van der Waals surface area contributed by atoms with Crippen LogP contribution in [0.3, 0.4) is 0 Å². The molecule has 0 atom stereocenters. The molecule has 0 radical (unpaired) electrons. The number of hydrogen-bond donors (Lipinski definition) is 2. The fourth-order valence-electron chi connectivity index (χ4n) is 1.63. The topological polar surface area (TPSA) is 69.1 Å². The Balaban J connectivity index is 4.39. The Hall–Kier alpha value is -0.570. The summed E-state index contributed by atoms with van der Waals surface area (Å²) < 4.78 is 0. The van der Waals surface area contributed by atoms with Crippen LogP contribution < -0.4 is 11.5 Å². The molecule has 0 aliphatic heterocycles. The lowest BCUT2D eigenvalue weighted by Crippen LogP contribution is -2.43. The Morgan fingerprint density at radius 2 is 1.67 bits per heavy atom. The number of amides is 1. The van der Waals surface area contributed by atoms with Crippen LogP contribution >= 0.6 is 0 Å². The van der Waals surface area contributed by atoms with Gasteiger partial charge in [0.1, 0.15) is 0 Å². The van der Waals surface area contributed by atoms with E-state index in [0.717, 1.165) is 25.7 Å². The van der Waals surface area contributed by atoms with Gasteiger partial charge in [0.2, 0.25) is 5.91 Å². The minimum Gasteiger partial charge on any atom is -0.369 e. The second-order valence-corrected chi connectivity index (χ2v) is 3.35. The molecule has 0 spiro atoms. The van der Waals surface area contributed by atoms with Crippen molar-refractivity contribution < 1.29 is 4.79 Å². The SMILES string of the molecule is CCCC(CN)(CCC)C(N)=O. The normalized spacial score (nSPS) is 11.6. The van der Waals surface area contributed by atoms with Crippen LogP contribution in [0.25, 0.3) is 0 Å². The average molecular weight is 172 g/mol. The zero-order valence-corrected chi connectivity index (χ0v) is 8.10. The highest BCUT2D eigenvalue weighted by Gasteiger charge is 2.32. The van der Waals surface area contributed by atoms with Crippen LogP contribution in [0.2, 0.25) is 0 Å². The fraction of sp³-hybridized carbons (Fsp3) is 0.889. The molecule has 72 valence electrons. The van der Waals surface area contributed by atoms with Gasteiger partial charge >= 0.3 is 0 Å². The summed E-state index contributed by atoms with van der Waals surface area (Å²) in [6, 6.07) is 0. The van der Waals surface area contributed by atoms with Crippen molar-refractivity contribution in [3.05, 3.63) is 0 Å². The van der Waals surface area contributed by atoms with Crippen molar-refractivity contribution in [2.75, 3.05) is 6.54 Å². The van der Waals surface area contributed by atoms with Gasteiger partial charge in [-0.05, 0) is 12.8 Å². The third-order valence-corrected chi connectivity index (χ3v) is 2.37. The lowest BCUT2D eigenvalue weighted by Gasteiger charge is -2.28. The largest absolute Gasteiger partial charge is 0.369 e. The quantitative estimate of drug-likeness (QED) is 0.628. The van der Waals surface area contributed by atoms with Crippen molar-refractivity contribution in [2.45, 2.75) is 39.5 Å². The molecule has 0 saturated carbocycles. The summed E-state index contributed by atoms with van der Waals surface area (Å²) in [6.45, 7) is 4.47. The lowest BCUT2D eigenvalue weighted by atomic mass is 9.79. The smallest absolute Gasteiger partial charge is 0.224 e. The molecule has 12 heavy (non-hydrogen) atoms. The standard InChI is InChI=1S/C9H20N2O/c1-3-5-9(7-10,6-4-2)8(11)12/h3-7,10H2,1-2H3,(H2,11,12). The summed E-state index contributed by atoms with van der Waals surface area (Å²) in [5, 5.41) is 0. The molecule has 0 heterocycles. The monoisotopic (exact) mass is 172 g/mol. The molecule has 0 aromatic carbocycles. The molecule has 1 amide bonds. The Labute approximate surface area is 74.5 Å². The highest BCUT2D eigenvalue weighted by atomic mass is 16.1. The molecule has 0 aliphatic rings. The van der Waals surface area contributed by atoms with E-state index in [1.165, 1.54) is 0 Å². The van der Waals surface area contributed by atoms with Gasteiger partial charge in [-0.2, -0.15) is 0 Å². The molecular formula is C9H20N2O. The molecule has 0 unspecified atom stereocenters. The number of nitrogens with two attached hydrogens (primary N) is 2. The second-order valence-electron chi connectivity index (χ2n) is 3.35. The first-order valence-corrected chi connectivity index (χ1v) is 4.63. The molecule has 0 aromatic heterocycles. The minimum absolute atomic E-state index is 0.242. The Kier molecular flexibility index (Phi) is 4.90. The number of hydrogen-bond acceptors (Lipinski definition) is 2. The van der Waals surface area contributed by atoms with Crippen LogP contribution in [0, 0.1) is 5.41 Å². The molecule has 0 rings (SSSR count). The van der Waals surface area contributed by atoms with E-state index < -0.39 is 5.41 Å². The van der Waals surface area contributed by atoms with E-state index in [1.807, 2.05) is 13.8 Å². The van der Waals surface area contributed by atoms with Gasteiger partial charge in [0, 0.05) is 6.54 Å². The van der Waals surface area contributed by atoms with E-state index in [9.17, 15) is 4.79 Å². The second kappa shape index (κ2) is 5.14. The van der Waals surface area contributed by atoms with Gasteiger partial charge < -0.3 is 11.5 Å². The van der Waals surface area contributed by atoms with E-state index in [2.05, 4.69) is 0 Å². The van der Waals surface area contributed by atoms with Crippen LogP contribution in [-0.2, 0) is 4.79 Å². The van der Waals surface area contributed by atoms with Crippen molar-refractivity contribution in [1.29, 1.82) is 0 Å². The van der Waals surface area contributed by atoms with Gasteiger partial charge in [0.25, 0.3) is 0 Å². The third-order valence-electron chi connectivity index (χ3n) is 2.37. The molecule has 0 bridgehead atoms. The summed E-state index contributed by atoms with van der Waals surface area (Å²) in [5.74, 6) is -0.242. The number of primary amides is 1. The summed E-state index contributed by atoms with van der Waals surface area (Å²) in [7, 11) is 0. The van der Waals surface area contributed by atoms with Crippen molar-refractivity contribution in [3.63, 3.8) is 0 Å². The maximum Gasteiger partial charge on any atom is 0.224 e. The Morgan fingerprint density at radius 1 is 1.25 bits per heavy atom. The number of carbonyl (C=O) groups excluding carboxylic acids is 1. The van der Waals surface area contributed by atoms with Crippen LogP contribution in [0.1, 0.15) is 39.5 Å². The third kappa shape index (κ3) is 2.48. The van der Waals surface area contributed by atoms with Gasteiger partial charge in [0.05, 0.1) is 5.41 Å². The predicted octanol–water partition coefficient (Wildman–Crippen LogP) is 1.02. The number of carbonyl (C=O) groups is 1. The molecule has 0 aliphatic carbocycles. The first-order valence-electron chi connectivity index (χ1n) is 4.63.